The molecule has 3 heterocycles. The van der Waals surface area contributed by atoms with E-state index in [0.29, 0.717) is 40.4 Å². The third-order valence-electron chi connectivity index (χ3n) is 7.72. The number of carbonyl (C=O) groups excluding carboxylic acids is 2. The van der Waals surface area contributed by atoms with E-state index in [9.17, 15) is 9.59 Å². The van der Waals surface area contributed by atoms with E-state index in [2.05, 4.69) is 10.5 Å². The minimum Gasteiger partial charge on any atom is -0.457 e. The number of carbonyl (C=O) groups is 2. The van der Waals surface area contributed by atoms with Crippen molar-refractivity contribution in [2.24, 2.45) is 0 Å². The molecule has 4 aromatic rings. The summed E-state index contributed by atoms with van der Waals surface area (Å²) in [5.41, 5.74) is 4.00. The van der Waals surface area contributed by atoms with E-state index >= 15 is 0 Å². The summed E-state index contributed by atoms with van der Waals surface area (Å²) in [4.78, 5) is 27.2. The molecular formula is C32H30Cl3N3O4. The van der Waals surface area contributed by atoms with Crippen molar-refractivity contribution in [3.05, 3.63) is 80.1 Å². The Labute approximate surface area is 258 Å². The summed E-state index contributed by atoms with van der Waals surface area (Å²) in [5.74, 6) is -0.133. The number of nitrogens with one attached hydrogen (secondary N) is 1. The van der Waals surface area contributed by atoms with Crippen LogP contribution in [0.2, 0.25) is 15.1 Å². The van der Waals surface area contributed by atoms with Crippen molar-refractivity contribution in [2.45, 2.75) is 58.0 Å². The third-order valence-corrected chi connectivity index (χ3v) is 8.54. The summed E-state index contributed by atoms with van der Waals surface area (Å²) >= 11 is 19.4. The molecular weight excluding hydrogens is 597 g/mol. The first-order valence-electron chi connectivity index (χ1n) is 14.0. The van der Waals surface area contributed by atoms with Crippen LogP contribution in [0.4, 0.5) is 0 Å². The normalized spacial score (nSPS) is 16.8. The van der Waals surface area contributed by atoms with Gasteiger partial charge in [-0.3, -0.25) is 9.36 Å². The Morgan fingerprint density at radius 1 is 1.10 bits per heavy atom. The summed E-state index contributed by atoms with van der Waals surface area (Å²) in [5, 5.41) is 9.61. The molecule has 1 aliphatic carbocycles. The Kier molecular flexibility index (Phi) is 7.73. The molecule has 6 rings (SSSR count). The monoisotopic (exact) mass is 625 g/mol. The summed E-state index contributed by atoms with van der Waals surface area (Å²) in [6, 6.07) is 8.95. The molecule has 1 saturated heterocycles. The molecule has 218 valence electrons. The lowest BCUT2D eigenvalue weighted by Crippen LogP contribution is -2.27. The van der Waals surface area contributed by atoms with Crippen molar-refractivity contribution in [1.82, 2.24) is 15.0 Å². The minimum atomic E-state index is -0.589. The lowest BCUT2D eigenvalue weighted by atomic mass is 9.88. The van der Waals surface area contributed by atoms with Crippen molar-refractivity contribution in [3.63, 3.8) is 0 Å². The van der Waals surface area contributed by atoms with E-state index in [0.717, 1.165) is 53.5 Å². The fourth-order valence-electron chi connectivity index (χ4n) is 5.95. The van der Waals surface area contributed by atoms with Crippen LogP contribution in [0.3, 0.4) is 0 Å². The molecule has 1 fully saturated rings. The van der Waals surface area contributed by atoms with E-state index < -0.39 is 5.60 Å². The number of piperidine rings is 1. The summed E-state index contributed by atoms with van der Waals surface area (Å²) in [7, 11) is 0. The van der Waals surface area contributed by atoms with Crippen molar-refractivity contribution >= 4 is 63.2 Å². The van der Waals surface area contributed by atoms with E-state index in [-0.39, 0.29) is 27.8 Å². The lowest BCUT2D eigenvalue weighted by molar-refractivity contribution is -0.148. The number of aryl methyl sites for hydroxylation is 1. The largest absolute Gasteiger partial charge is 0.457 e. The molecule has 0 bridgehead atoms. The zero-order valence-corrected chi connectivity index (χ0v) is 25.8. The maximum atomic E-state index is 14.6. The summed E-state index contributed by atoms with van der Waals surface area (Å²) in [6.45, 7) is 7.15. The maximum absolute atomic E-state index is 14.6. The standard InChI is InChI=1S/C32H30Cl3N3O4/c1-32(2,3)41-25(39)13-18-7-8-19-16-38(24-6-4-5-21(18)26(19)24)31(40)28-29(27-22(34)14-20(33)15-23(27)35)37-42-30(28)17-9-11-36-12-10-17/h4-6,13-17,36H,7-12H2,1-3H3/b18-13+. The van der Waals surface area contributed by atoms with Gasteiger partial charge in [0.05, 0.1) is 15.6 Å². The van der Waals surface area contributed by atoms with Crippen LogP contribution >= 0.6 is 34.8 Å². The van der Waals surface area contributed by atoms with E-state index in [4.69, 9.17) is 44.1 Å². The highest BCUT2D eigenvalue weighted by Gasteiger charge is 2.34. The number of hydrogen-bond donors (Lipinski definition) is 1. The van der Waals surface area contributed by atoms with Crippen LogP contribution in [0.1, 0.15) is 73.2 Å². The maximum Gasteiger partial charge on any atom is 0.331 e. The van der Waals surface area contributed by atoms with Crippen LogP contribution in [0.25, 0.3) is 27.7 Å². The Balaban J connectivity index is 1.49. The van der Waals surface area contributed by atoms with Gasteiger partial charge < -0.3 is 14.6 Å². The van der Waals surface area contributed by atoms with Crippen LogP contribution in [-0.2, 0) is 16.0 Å². The molecule has 0 radical (unpaired) electrons. The Bertz CT molecular complexity index is 1730. The van der Waals surface area contributed by atoms with Crippen molar-refractivity contribution in [3.8, 4) is 11.3 Å². The number of nitrogens with zero attached hydrogens (tertiary/aromatic N) is 2. The zero-order chi connectivity index (χ0) is 29.8. The van der Waals surface area contributed by atoms with Gasteiger partial charge in [-0.1, -0.05) is 52.1 Å². The van der Waals surface area contributed by atoms with Gasteiger partial charge in [-0.15, -0.1) is 0 Å². The van der Waals surface area contributed by atoms with Crippen LogP contribution in [0, 0.1) is 0 Å². The van der Waals surface area contributed by atoms with Crippen molar-refractivity contribution in [1.29, 1.82) is 0 Å². The van der Waals surface area contributed by atoms with Crippen LogP contribution in [-0.4, -0.2) is 40.3 Å². The van der Waals surface area contributed by atoms with Crippen LogP contribution < -0.4 is 5.32 Å². The molecule has 0 saturated carbocycles. The molecule has 2 aromatic heterocycles. The van der Waals surface area contributed by atoms with Gasteiger partial charge in [0.25, 0.3) is 5.91 Å². The number of halogens is 3. The molecule has 1 N–H and O–H groups in total. The Morgan fingerprint density at radius 3 is 2.50 bits per heavy atom. The molecule has 0 atom stereocenters. The predicted molar refractivity (Wildman–Crippen MR) is 166 cm³/mol. The quantitative estimate of drug-likeness (QED) is 0.182. The van der Waals surface area contributed by atoms with Crippen LogP contribution in [0.15, 0.2) is 47.1 Å². The second-order valence-electron chi connectivity index (χ2n) is 11.8. The molecule has 0 amide bonds. The smallest absolute Gasteiger partial charge is 0.331 e. The molecule has 0 spiro atoms. The third kappa shape index (κ3) is 5.39. The Morgan fingerprint density at radius 2 is 1.81 bits per heavy atom. The number of ether oxygens (including phenoxy) is 1. The first-order valence-corrected chi connectivity index (χ1v) is 15.1. The summed E-state index contributed by atoms with van der Waals surface area (Å²) < 4.78 is 13.1. The fourth-order valence-corrected chi connectivity index (χ4v) is 6.95. The highest BCUT2D eigenvalue weighted by Crippen LogP contribution is 2.43. The topological polar surface area (TPSA) is 86.4 Å². The molecule has 1 aliphatic heterocycles. The van der Waals surface area contributed by atoms with Gasteiger partial charge in [0.15, 0.2) is 5.76 Å². The first kappa shape index (κ1) is 29.0. The molecule has 7 nitrogen and oxygen atoms in total. The second kappa shape index (κ2) is 11.2. The second-order valence-corrected chi connectivity index (χ2v) is 13.0. The van der Waals surface area contributed by atoms with Gasteiger partial charge in [-0.25, -0.2) is 4.79 Å². The highest BCUT2D eigenvalue weighted by molar-refractivity contribution is 6.42. The van der Waals surface area contributed by atoms with E-state index in [1.165, 1.54) is 0 Å². The number of esters is 1. The molecule has 2 aliphatic rings. The molecule has 10 heteroatoms. The molecule has 2 aromatic carbocycles. The van der Waals surface area contributed by atoms with Gasteiger partial charge in [-0.2, -0.15) is 0 Å². The summed E-state index contributed by atoms with van der Waals surface area (Å²) in [6.07, 6.45) is 6.39. The number of rotatable bonds is 4. The number of hydrogen-bond acceptors (Lipinski definition) is 6. The zero-order valence-electron chi connectivity index (χ0n) is 23.5. The average molecular weight is 627 g/mol. The number of aromatic nitrogens is 2. The van der Waals surface area contributed by atoms with Gasteiger partial charge in [0.1, 0.15) is 16.9 Å². The van der Waals surface area contributed by atoms with Gasteiger partial charge in [-0.05, 0) is 94.4 Å². The van der Waals surface area contributed by atoms with E-state index in [1.54, 1.807) is 22.8 Å². The average Bonchev–Trinajstić information content (AvgIpc) is 3.52. The van der Waals surface area contributed by atoms with Gasteiger partial charge in [0, 0.05) is 34.2 Å². The minimum absolute atomic E-state index is 0.00667. The van der Waals surface area contributed by atoms with Gasteiger partial charge >= 0.3 is 5.97 Å². The van der Waals surface area contributed by atoms with Crippen molar-refractivity contribution < 1.29 is 18.8 Å². The van der Waals surface area contributed by atoms with Crippen LogP contribution in [0.5, 0.6) is 0 Å². The number of allylic oxidation sites excluding steroid dienone is 1. The molecule has 42 heavy (non-hydrogen) atoms. The van der Waals surface area contributed by atoms with Crippen molar-refractivity contribution in [2.75, 3.05) is 13.1 Å². The van der Waals surface area contributed by atoms with Gasteiger partial charge in [0.2, 0.25) is 0 Å². The van der Waals surface area contributed by atoms with E-state index in [1.807, 2.05) is 45.2 Å². The predicted octanol–water partition coefficient (Wildman–Crippen LogP) is 8.08. The number of benzene rings is 2. The first-order chi connectivity index (χ1) is 20.0. The highest BCUT2D eigenvalue weighted by atomic mass is 35.5. The Hall–Kier alpha value is -3.10. The molecule has 0 unspecified atom stereocenters. The SMILES string of the molecule is CC(C)(C)OC(=O)/C=C1\CCc2cn(C(=O)c3c(-c4c(Cl)cc(Cl)cc4Cl)noc3C3CCNCC3)c3cccc1c23. The fraction of sp³-hybridized carbons (Fsp3) is 0.344. The lowest BCUT2D eigenvalue weighted by Gasteiger charge is -2.21.